The molecule has 0 fully saturated rings. The number of aliphatic hydroxyl groups is 1. The summed E-state index contributed by atoms with van der Waals surface area (Å²) in [4.78, 5) is 13.9. The Labute approximate surface area is 114 Å². The van der Waals surface area contributed by atoms with Crippen molar-refractivity contribution in [2.75, 3.05) is 37.3 Å². The number of amides is 1. The molecule has 0 aliphatic carbocycles. The fourth-order valence-electron chi connectivity index (χ4n) is 1.97. The van der Waals surface area contributed by atoms with Gasteiger partial charge in [0.15, 0.2) is 0 Å². The summed E-state index contributed by atoms with van der Waals surface area (Å²) in [5.41, 5.74) is 8.03. The summed E-state index contributed by atoms with van der Waals surface area (Å²) < 4.78 is 0. The first-order chi connectivity index (χ1) is 9.08. The van der Waals surface area contributed by atoms with E-state index in [9.17, 15) is 4.79 Å². The summed E-state index contributed by atoms with van der Waals surface area (Å²) >= 11 is 0. The Balaban J connectivity index is 2.63. The second-order valence-electron chi connectivity index (χ2n) is 4.59. The van der Waals surface area contributed by atoms with Gasteiger partial charge in [0.05, 0.1) is 24.5 Å². The molecule has 1 aromatic rings. The van der Waals surface area contributed by atoms with E-state index in [4.69, 9.17) is 10.8 Å². The van der Waals surface area contributed by atoms with Gasteiger partial charge in [-0.2, -0.15) is 0 Å². The molecule has 1 aromatic carbocycles. The van der Waals surface area contributed by atoms with Crippen LogP contribution in [0.25, 0.3) is 0 Å². The highest BCUT2D eigenvalue weighted by molar-refractivity contribution is 5.96. The van der Waals surface area contributed by atoms with Crippen LogP contribution < -0.4 is 11.1 Å². The number of rotatable bonds is 7. The molecule has 106 valence electrons. The molecule has 0 spiro atoms. The zero-order chi connectivity index (χ0) is 14.3. The molecule has 0 heterocycles. The van der Waals surface area contributed by atoms with Crippen molar-refractivity contribution in [3.05, 3.63) is 23.8 Å². The number of nitrogens with one attached hydrogen (secondary N) is 1. The molecule has 0 atom stereocenters. The van der Waals surface area contributed by atoms with E-state index in [1.807, 2.05) is 30.9 Å². The first kappa shape index (κ1) is 15.5. The second kappa shape index (κ2) is 7.76. The van der Waals surface area contributed by atoms with Crippen LogP contribution in [-0.4, -0.2) is 42.2 Å². The molecule has 0 saturated carbocycles. The minimum absolute atomic E-state index is 0.0553. The molecule has 5 heteroatoms. The van der Waals surface area contributed by atoms with Gasteiger partial charge in [-0.05, 0) is 31.5 Å². The average molecular weight is 265 g/mol. The standard InChI is InChI=1S/C14H23N3O2/c1-3-7-17(8-9-18)10-13(19)16-14-11(2)5-4-6-12(14)15/h4-6,18H,3,7-10,15H2,1-2H3,(H,16,19). The Hall–Kier alpha value is -1.59. The number of nitrogen functional groups attached to an aromatic ring is 1. The molecule has 1 rings (SSSR count). The van der Waals surface area contributed by atoms with E-state index in [2.05, 4.69) is 5.32 Å². The topological polar surface area (TPSA) is 78.6 Å². The number of nitrogens with two attached hydrogens (primary N) is 1. The SMILES string of the molecule is CCCN(CCO)CC(=O)Nc1c(C)cccc1N. The van der Waals surface area contributed by atoms with Gasteiger partial charge in [-0.3, -0.25) is 9.69 Å². The summed E-state index contributed by atoms with van der Waals surface area (Å²) in [6.07, 6.45) is 0.944. The summed E-state index contributed by atoms with van der Waals surface area (Å²) in [6.45, 7) is 5.56. The first-order valence-corrected chi connectivity index (χ1v) is 6.56. The molecular formula is C14H23N3O2. The van der Waals surface area contributed by atoms with Crippen molar-refractivity contribution >= 4 is 17.3 Å². The Morgan fingerprint density at radius 2 is 2.16 bits per heavy atom. The number of aliphatic hydroxyl groups excluding tert-OH is 1. The molecule has 0 aliphatic heterocycles. The maximum absolute atomic E-state index is 12.0. The molecule has 4 N–H and O–H groups in total. The lowest BCUT2D eigenvalue weighted by Gasteiger charge is -2.20. The van der Waals surface area contributed by atoms with Crippen LogP contribution in [0.3, 0.4) is 0 Å². The van der Waals surface area contributed by atoms with Gasteiger partial charge < -0.3 is 16.2 Å². The average Bonchev–Trinajstić information content (AvgIpc) is 2.35. The van der Waals surface area contributed by atoms with E-state index < -0.39 is 0 Å². The number of para-hydroxylation sites is 1. The number of aryl methyl sites for hydroxylation is 1. The van der Waals surface area contributed by atoms with E-state index in [0.29, 0.717) is 17.9 Å². The van der Waals surface area contributed by atoms with Crippen LogP contribution in [-0.2, 0) is 4.79 Å². The minimum atomic E-state index is -0.108. The molecule has 5 nitrogen and oxygen atoms in total. The van der Waals surface area contributed by atoms with Crippen molar-refractivity contribution in [1.29, 1.82) is 0 Å². The zero-order valence-electron chi connectivity index (χ0n) is 11.6. The number of anilines is 2. The molecule has 0 radical (unpaired) electrons. The molecule has 0 aromatic heterocycles. The smallest absolute Gasteiger partial charge is 0.238 e. The van der Waals surface area contributed by atoms with Crippen LogP contribution in [0.15, 0.2) is 18.2 Å². The quantitative estimate of drug-likeness (QED) is 0.648. The van der Waals surface area contributed by atoms with Crippen LogP contribution in [0.2, 0.25) is 0 Å². The maximum Gasteiger partial charge on any atom is 0.238 e. The van der Waals surface area contributed by atoms with Gasteiger partial charge in [-0.25, -0.2) is 0 Å². The Kier molecular flexibility index (Phi) is 6.32. The lowest BCUT2D eigenvalue weighted by atomic mass is 10.1. The van der Waals surface area contributed by atoms with Gasteiger partial charge in [-0.15, -0.1) is 0 Å². The molecule has 0 unspecified atom stereocenters. The highest BCUT2D eigenvalue weighted by Crippen LogP contribution is 2.22. The first-order valence-electron chi connectivity index (χ1n) is 6.56. The van der Waals surface area contributed by atoms with Gasteiger partial charge >= 0.3 is 0 Å². The fraction of sp³-hybridized carbons (Fsp3) is 0.500. The third kappa shape index (κ3) is 4.89. The molecule has 0 bridgehead atoms. The Morgan fingerprint density at radius 1 is 1.42 bits per heavy atom. The van der Waals surface area contributed by atoms with Crippen LogP contribution in [0.4, 0.5) is 11.4 Å². The summed E-state index contributed by atoms with van der Waals surface area (Å²) in [7, 11) is 0. The fourth-order valence-corrected chi connectivity index (χ4v) is 1.97. The van der Waals surface area contributed by atoms with E-state index in [1.165, 1.54) is 0 Å². The monoisotopic (exact) mass is 265 g/mol. The molecule has 0 aliphatic rings. The lowest BCUT2D eigenvalue weighted by molar-refractivity contribution is -0.117. The van der Waals surface area contributed by atoms with Gasteiger partial charge in [0.2, 0.25) is 5.91 Å². The number of benzene rings is 1. The highest BCUT2D eigenvalue weighted by Gasteiger charge is 2.12. The van der Waals surface area contributed by atoms with Crippen molar-refractivity contribution in [1.82, 2.24) is 4.90 Å². The van der Waals surface area contributed by atoms with Gasteiger partial charge in [0, 0.05) is 6.54 Å². The summed E-state index contributed by atoms with van der Waals surface area (Å²) in [5, 5.41) is 11.8. The second-order valence-corrected chi connectivity index (χ2v) is 4.59. The van der Waals surface area contributed by atoms with Crippen LogP contribution in [0.5, 0.6) is 0 Å². The van der Waals surface area contributed by atoms with Crippen molar-refractivity contribution in [2.45, 2.75) is 20.3 Å². The minimum Gasteiger partial charge on any atom is -0.397 e. The number of hydrogen-bond donors (Lipinski definition) is 3. The number of carbonyl (C=O) groups is 1. The van der Waals surface area contributed by atoms with Crippen LogP contribution >= 0.6 is 0 Å². The lowest BCUT2D eigenvalue weighted by Crippen LogP contribution is -2.36. The number of carbonyl (C=O) groups excluding carboxylic acids is 1. The Bertz CT molecular complexity index is 395. The third-order valence-electron chi connectivity index (χ3n) is 2.89. The van der Waals surface area contributed by atoms with Crippen LogP contribution in [0, 0.1) is 6.92 Å². The zero-order valence-corrected chi connectivity index (χ0v) is 11.6. The van der Waals surface area contributed by atoms with Crippen LogP contribution in [0.1, 0.15) is 18.9 Å². The van der Waals surface area contributed by atoms with Crippen molar-refractivity contribution in [3.8, 4) is 0 Å². The van der Waals surface area contributed by atoms with E-state index in [1.54, 1.807) is 6.07 Å². The summed E-state index contributed by atoms with van der Waals surface area (Å²) in [5.74, 6) is -0.108. The summed E-state index contributed by atoms with van der Waals surface area (Å²) in [6, 6.07) is 5.53. The van der Waals surface area contributed by atoms with E-state index in [-0.39, 0.29) is 19.1 Å². The van der Waals surface area contributed by atoms with E-state index >= 15 is 0 Å². The normalized spacial score (nSPS) is 10.7. The predicted octanol–water partition coefficient (Wildman–Crippen LogP) is 1.22. The molecular weight excluding hydrogens is 242 g/mol. The maximum atomic E-state index is 12.0. The third-order valence-corrected chi connectivity index (χ3v) is 2.89. The number of nitrogens with zero attached hydrogens (tertiary/aromatic N) is 1. The van der Waals surface area contributed by atoms with Gasteiger partial charge in [0.25, 0.3) is 0 Å². The van der Waals surface area contributed by atoms with E-state index in [0.717, 1.165) is 18.5 Å². The molecule has 1 amide bonds. The predicted molar refractivity (Wildman–Crippen MR) is 78.0 cm³/mol. The van der Waals surface area contributed by atoms with Crippen molar-refractivity contribution in [3.63, 3.8) is 0 Å². The number of hydrogen-bond acceptors (Lipinski definition) is 4. The largest absolute Gasteiger partial charge is 0.397 e. The highest BCUT2D eigenvalue weighted by atomic mass is 16.3. The van der Waals surface area contributed by atoms with Crippen molar-refractivity contribution in [2.24, 2.45) is 0 Å². The van der Waals surface area contributed by atoms with Gasteiger partial charge in [0.1, 0.15) is 0 Å². The Morgan fingerprint density at radius 3 is 2.74 bits per heavy atom. The molecule has 0 saturated heterocycles. The molecule has 19 heavy (non-hydrogen) atoms. The van der Waals surface area contributed by atoms with Crippen molar-refractivity contribution < 1.29 is 9.90 Å². The van der Waals surface area contributed by atoms with Gasteiger partial charge in [-0.1, -0.05) is 19.1 Å².